The maximum Gasteiger partial charge on any atom is 0.160 e. The molecule has 13 heavy (non-hydrogen) atoms. The summed E-state index contributed by atoms with van der Waals surface area (Å²) in [5, 5.41) is 11.0. The van der Waals surface area contributed by atoms with Crippen molar-refractivity contribution in [3.05, 3.63) is 35.9 Å². The monoisotopic (exact) mass is 177 g/mol. The van der Waals surface area contributed by atoms with Gasteiger partial charge in [-0.1, -0.05) is 35.5 Å². The predicted molar refractivity (Wildman–Crippen MR) is 52.3 cm³/mol. The van der Waals surface area contributed by atoms with Crippen molar-refractivity contribution < 1.29 is 5.21 Å². The molecule has 4 nitrogen and oxygen atoms in total. The van der Waals surface area contributed by atoms with E-state index in [1.807, 2.05) is 30.3 Å². The topological polar surface area (TPSA) is 71.0 Å². The number of nitrogens with zero attached hydrogens (tertiary/aromatic N) is 2. The summed E-state index contributed by atoms with van der Waals surface area (Å²) in [6.45, 7) is 0.214. The minimum atomic E-state index is 0.104. The van der Waals surface area contributed by atoms with Crippen LogP contribution in [0.25, 0.3) is 0 Å². The van der Waals surface area contributed by atoms with E-state index in [4.69, 9.17) is 10.9 Å². The van der Waals surface area contributed by atoms with Gasteiger partial charge in [-0.05, 0) is 5.56 Å². The highest BCUT2D eigenvalue weighted by atomic mass is 16.4. The average molecular weight is 177 g/mol. The van der Waals surface area contributed by atoms with Crippen molar-refractivity contribution in [1.82, 2.24) is 0 Å². The van der Waals surface area contributed by atoms with Crippen LogP contribution in [0, 0.1) is 0 Å². The van der Waals surface area contributed by atoms with E-state index < -0.39 is 0 Å². The van der Waals surface area contributed by atoms with E-state index in [0.29, 0.717) is 0 Å². The lowest BCUT2D eigenvalue weighted by Gasteiger charge is -1.91. The number of amidine groups is 1. The number of nitrogens with two attached hydrogens (primary N) is 1. The first-order valence-corrected chi connectivity index (χ1v) is 3.84. The molecule has 0 atom stereocenters. The minimum Gasteiger partial charge on any atom is -0.409 e. The van der Waals surface area contributed by atoms with E-state index in [0.717, 1.165) is 5.56 Å². The van der Waals surface area contributed by atoms with Crippen LogP contribution in [0.4, 0.5) is 0 Å². The number of rotatable bonds is 3. The molecule has 0 radical (unpaired) electrons. The molecule has 0 saturated heterocycles. The van der Waals surface area contributed by atoms with Crippen LogP contribution in [0.1, 0.15) is 5.56 Å². The van der Waals surface area contributed by atoms with Gasteiger partial charge in [0, 0.05) is 6.21 Å². The molecule has 68 valence electrons. The summed E-state index contributed by atoms with van der Waals surface area (Å²) in [6.07, 6.45) is 1.68. The summed E-state index contributed by atoms with van der Waals surface area (Å²) < 4.78 is 0. The van der Waals surface area contributed by atoms with Crippen LogP contribution in [0.2, 0.25) is 0 Å². The van der Waals surface area contributed by atoms with E-state index in [1.165, 1.54) is 0 Å². The summed E-state index contributed by atoms with van der Waals surface area (Å²) in [4.78, 5) is 3.97. The number of benzene rings is 1. The van der Waals surface area contributed by atoms with E-state index in [2.05, 4.69) is 10.1 Å². The third-order valence-electron chi connectivity index (χ3n) is 1.42. The second-order valence-corrected chi connectivity index (χ2v) is 2.47. The highest BCUT2D eigenvalue weighted by Crippen LogP contribution is 1.93. The highest BCUT2D eigenvalue weighted by Gasteiger charge is 1.87. The molecule has 0 aliphatic rings. The molecule has 0 aliphatic carbocycles. The quantitative estimate of drug-likeness (QED) is 0.311. The molecule has 0 aliphatic heterocycles. The predicted octanol–water partition coefficient (Wildman–Crippen LogP) is 0.852. The molecule has 0 saturated carbocycles. The van der Waals surface area contributed by atoms with Gasteiger partial charge in [-0.25, -0.2) is 0 Å². The average Bonchev–Trinajstić information content (AvgIpc) is 2.19. The van der Waals surface area contributed by atoms with Gasteiger partial charge in [-0.15, -0.1) is 0 Å². The van der Waals surface area contributed by atoms with Crippen LogP contribution in [0.3, 0.4) is 0 Å². The molecule has 1 aromatic rings. The van der Waals surface area contributed by atoms with Gasteiger partial charge in [0.25, 0.3) is 0 Å². The van der Waals surface area contributed by atoms with Gasteiger partial charge in [-0.2, -0.15) is 0 Å². The maximum absolute atomic E-state index is 8.22. The van der Waals surface area contributed by atoms with Crippen LogP contribution in [0.5, 0.6) is 0 Å². The van der Waals surface area contributed by atoms with E-state index >= 15 is 0 Å². The highest BCUT2D eigenvalue weighted by molar-refractivity contribution is 5.85. The standard InChI is InChI=1S/C9H11N3O/c10-9(12-13)7-11-6-8-4-2-1-3-5-8/h1-6,13H,7H2,(H2,10,12). The zero-order valence-electron chi connectivity index (χ0n) is 7.09. The van der Waals surface area contributed by atoms with Crippen LogP contribution in [-0.4, -0.2) is 23.8 Å². The first-order valence-electron chi connectivity index (χ1n) is 3.84. The summed E-state index contributed by atoms with van der Waals surface area (Å²) in [5.74, 6) is 0.104. The molecule has 4 heteroatoms. The molecule has 0 spiro atoms. The summed E-state index contributed by atoms with van der Waals surface area (Å²) in [7, 11) is 0. The molecule has 3 N–H and O–H groups in total. The normalized spacial score (nSPS) is 12.2. The van der Waals surface area contributed by atoms with E-state index in [1.54, 1.807) is 6.21 Å². The SMILES string of the molecule is N/C(CN=Cc1ccccc1)=N\O. The number of aliphatic imine (C=N–C) groups is 1. The van der Waals surface area contributed by atoms with Gasteiger partial charge < -0.3 is 10.9 Å². The Hall–Kier alpha value is -1.84. The van der Waals surface area contributed by atoms with Gasteiger partial charge in [0.15, 0.2) is 5.84 Å². The number of hydrogen-bond acceptors (Lipinski definition) is 3. The molecule has 0 bridgehead atoms. The Balaban J connectivity index is 2.50. The number of oxime groups is 1. The molecule has 0 heterocycles. The summed E-state index contributed by atoms with van der Waals surface area (Å²) >= 11 is 0. The van der Waals surface area contributed by atoms with Crippen LogP contribution >= 0.6 is 0 Å². The fraction of sp³-hybridized carbons (Fsp3) is 0.111. The summed E-state index contributed by atoms with van der Waals surface area (Å²) in [6, 6.07) is 9.63. The van der Waals surface area contributed by atoms with E-state index in [-0.39, 0.29) is 12.4 Å². The largest absolute Gasteiger partial charge is 0.409 e. The van der Waals surface area contributed by atoms with Crippen LogP contribution in [0.15, 0.2) is 40.5 Å². The fourth-order valence-electron chi connectivity index (χ4n) is 0.815. The van der Waals surface area contributed by atoms with Crippen molar-refractivity contribution in [1.29, 1.82) is 0 Å². The molecular formula is C9H11N3O. The second kappa shape index (κ2) is 4.92. The molecular weight excluding hydrogens is 166 g/mol. The van der Waals surface area contributed by atoms with E-state index in [9.17, 15) is 0 Å². The van der Waals surface area contributed by atoms with Gasteiger partial charge in [-0.3, -0.25) is 4.99 Å². The molecule has 1 aromatic carbocycles. The Bertz CT molecular complexity index is 306. The molecule has 0 aromatic heterocycles. The molecule has 0 unspecified atom stereocenters. The van der Waals surface area contributed by atoms with Crippen molar-refractivity contribution >= 4 is 12.1 Å². The van der Waals surface area contributed by atoms with Crippen molar-refractivity contribution in [3.63, 3.8) is 0 Å². The second-order valence-electron chi connectivity index (χ2n) is 2.47. The zero-order chi connectivity index (χ0) is 9.52. The van der Waals surface area contributed by atoms with Gasteiger partial charge in [0.1, 0.15) is 0 Å². The van der Waals surface area contributed by atoms with Crippen molar-refractivity contribution in [2.75, 3.05) is 6.54 Å². The van der Waals surface area contributed by atoms with Crippen molar-refractivity contribution in [2.45, 2.75) is 0 Å². The van der Waals surface area contributed by atoms with Gasteiger partial charge in [0.2, 0.25) is 0 Å². The zero-order valence-corrected chi connectivity index (χ0v) is 7.09. The molecule has 1 rings (SSSR count). The third kappa shape index (κ3) is 3.37. The Labute approximate surface area is 76.4 Å². The van der Waals surface area contributed by atoms with Crippen LogP contribution in [-0.2, 0) is 0 Å². The lowest BCUT2D eigenvalue weighted by Crippen LogP contribution is -2.15. The fourth-order valence-corrected chi connectivity index (χ4v) is 0.815. The molecule has 0 amide bonds. The van der Waals surface area contributed by atoms with Crippen LogP contribution < -0.4 is 5.73 Å². The smallest absolute Gasteiger partial charge is 0.160 e. The van der Waals surface area contributed by atoms with Crippen molar-refractivity contribution in [2.24, 2.45) is 15.9 Å². The first kappa shape index (κ1) is 9.25. The Kier molecular flexibility index (Phi) is 3.50. The minimum absolute atomic E-state index is 0.104. The van der Waals surface area contributed by atoms with Crippen molar-refractivity contribution in [3.8, 4) is 0 Å². The lowest BCUT2D eigenvalue weighted by atomic mass is 10.2. The van der Waals surface area contributed by atoms with Gasteiger partial charge >= 0.3 is 0 Å². The first-order chi connectivity index (χ1) is 6.33. The third-order valence-corrected chi connectivity index (χ3v) is 1.42. The number of hydrogen-bond donors (Lipinski definition) is 2. The Morgan fingerprint density at radius 1 is 1.38 bits per heavy atom. The Morgan fingerprint density at radius 3 is 2.69 bits per heavy atom. The lowest BCUT2D eigenvalue weighted by molar-refractivity contribution is 0.317. The van der Waals surface area contributed by atoms with Gasteiger partial charge in [0.05, 0.1) is 6.54 Å². The maximum atomic E-state index is 8.22. The Morgan fingerprint density at radius 2 is 2.08 bits per heavy atom. The summed E-state index contributed by atoms with van der Waals surface area (Å²) in [5.41, 5.74) is 6.22. The molecule has 0 fully saturated rings.